The van der Waals surface area contributed by atoms with E-state index in [-0.39, 0.29) is 5.91 Å². The molecule has 2 aliphatic carbocycles. The number of para-hydroxylation sites is 1. The number of amides is 1. The van der Waals surface area contributed by atoms with Gasteiger partial charge in [-0.1, -0.05) is 35.2 Å². The number of anilines is 1. The predicted octanol–water partition coefficient (Wildman–Crippen LogP) is 4.25. The van der Waals surface area contributed by atoms with E-state index >= 15 is 0 Å². The molecule has 8 heteroatoms. The number of carbonyl (C=O) groups is 1. The van der Waals surface area contributed by atoms with Gasteiger partial charge in [-0.25, -0.2) is 4.98 Å². The highest BCUT2D eigenvalue weighted by molar-refractivity contribution is 7.99. The summed E-state index contributed by atoms with van der Waals surface area (Å²) < 4.78 is 3.40. The Bertz CT molecular complexity index is 956. The Balaban J connectivity index is 1.32. The first-order valence-corrected chi connectivity index (χ1v) is 11.3. The molecule has 0 spiro atoms. The highest BCUT2D eigenvalue weighted by atomic mass is 32.2. The molecule has 0 atom stereocenters. The molecule has 2 aliphatic rings. The van der Waals surface area contributed by atoms with Crippen molar-refractivity contribution in [3.8, 4) is 0 Å². The molecule has 27 heavy (non-hydrogen) atoms. The van der Waals surface area contributed by atoms with Crippen LogP contribution in [-0.2, 0) is 4.79 Å². The Morgan fingerprint density at radius 3 is 2.78 bits per heavy atom. The van der Waals surface area contributed by atoms with E-state index in [1.165, 1.54) is 37.4 Å². The Hall–Kier alpha value is -1.93. The van der Waals surface area contributed by atoms with E-state index in [9.17, 15) is 4.79 Å². The number of aromatic nitrogens is 4. The van der Waals surface area contributed by atoms with Crippen LogP contribution in [0.15, 0.2) is 29.4 Å². The maximum absolute atomic E-state index is 12.9. The van der Waals surface area contributed by atoms with Gasteiger partial charge in [0.25, 0.3) is 0 Å². The minimum Gasteiger partial charge on any atom is -0.303 e. The van der Waals surface area contributed by atoms with Crippen molar-refractivity contribution in [1.82, 2.24) is 19.7 Å². The fraction of sp³-hybridized carbons (Fsp3) is 0.474. The highest BCUT2D eigenvalue weighted by Gasteiger charge is 2.36. The molecule has 0 N–H and O–H groups in total. The second-order valence-corrected chi connectivity index (χ2v) is 9.06. The minimum absolute atomic E-state index is 0.0693. The molecule has 1 aromatic carbocycles. The van der Waals surface area contributed by atoms with E-state index in [4.69, 9.17) is 0 Å². The maximum Gasteiger partial charge on any atom is 0.239 e. The number of nitrogens with zero attached hydrogens (tertiary/aromatic N) is 5. The Kier molecular flexibility index (Phi) is 4.40. The lowest BCUT2D eigenvalue weighted by Crippen LogP contribution is -2.32. The summed E-state index contributed by atoms with van der Waals surface area (Å²) in [5.74, 6) is 2.14. The van der Waals surface area contributed by atoms with Crippen molar-refractivity contribution in [2.45, 2.75) is 49.7 Å². The standard InChI is InChI=1S/C19H21N5OS2/c1-2-23(18-20-14-5-3-4-6-15(14)27-18)16(25)11-26-19-22-21-17(12-7-8-12)24(19)13-9-10-13/h3-6,12-13H,2,7-11H2,1H3. The zero-order chi connectivity index (χ0) is 18.4. The van der Waals surface area contributed by atoms with E-state index in [0.717, 1.165) is 26.3 Å². The Morgan fingerprint density at radius 2 is 2.07 bits per heavy atom. The normalized spacial score (nSPS) is 16.8. The van der Waals surface area contributed by atoms with Gasteiger partial charge in [-0.2, -0.15) is 0 Å². The van der Waals surface area contributed by atoms with Crippen molar-refractivity contribution in [2.75, 3.05) is 17.2 Å². The number of carbonyl (C=O) groups excluding carboxylic acids is 1. The van der Waals surface area contributed by atoms with Crippen molar-refractivity contribution >= 4 is 44.4 Å². The molecular formula is C19H21N5OS2. The molecule has 0 radical (unpaired) electrons. The maximum atomic E-state index is 12.9. The van der Waals surface area contributed by atoms with E-state index < -0.39 is 0 Å². The number of hydrogen-bond donors (Lipinski definition) is 0. The molecule has 140 valence electrons. The molecule has 6 nitrogen and oxygen atoms in total. The van der Waals surface area contributed by atoms with Crippen molar-refractivity contribution in [3.05, 3.63) is 30.1 Å². The zero-order valence-electron chi connectivity index (χ0n) is 15.2. The molecule has 2 saturated carbocycles. The molecule has 5 rings (SSSR count). The van der Waals surface area contributed by atoms with Gasteiger partial charge in [0.1, 0.15) is 5.82 Å². The molecule has 1 amide bonds. The van der Waals surface area contributed by atoms with Crippen LogP contribution in [0.5, 0.6) is 0 Å². The van der Waals surface area contributed by atoms with Crippen LogP contribution in [-0.4, -0.2) is 38.0 Å². The third-order valence-corrected chi connectivity index (χ3v) is 6.99. The summed E-state index contributed by atoms with van der Waals surface area (Å²) in [6, 6.07) is 8.54. The molecule has 2 fully saturated rings. The molecule has 2 aromatic heterocycles. The second-order valence-electron chi connectivity index (χ2n) is 7.11. The van der Waals surface area contributed by atoms with E-state index in [1.54, 1.807) is 16.2 Å². The van der Waals surface area contributed by atoms with Gasteiger partial charge < -0.3 is 4.57 Å². The van der Waals surface area contributed by atoms with Crippen molar-refractivity contribution in [1.29, 1.82) is 0 Å². The summed E-state index contributed by atoms with van der Waals surface area (Å²) in [5, 5.41) is 10.5. The smallest absolute Gasteiger partial charge is 0.239 e. The second kappa shape index (κ2) is 6.91. The number of thiazole rings is 1. The summed E-state index contributed by atoms with van der Waals surface area (Å²) in [6.45, 7) is 2.61. The van der Waals surface area contributed by atoms with E-state index in [0.29, 0.717) is 24.3 Å². The van der Waals surface area contributed by atoms with Crippen LogP contribution < -0.4 is 4.90 Å². The van der Waals surface area contributed by atoms with Gasteiger partial charge >= 0.3 is 0 Å². The number of thioether (sulfide) groups is 1. The Morgan fingerprint density at radius 1 is 1.26 bits per heavy atom. The predicted molar refractivity (Wildman–Crippen MR) is 109 cm³/mol. The van der Waals surface area contributed by atoms with Gasteiger partial charge in [0.05, 0.1) is 16.0 Å². The van der Waals surface area contributed by atoms with Crippen LogP contribution in [0.2, 0.25) is 0 Å². The SMILES string of the molecule is CCN(C(=O)CSc1nnc(C2CC2)n1C1CC1)c1nc2ccccc2s1. The quantitative estimate of drug-likeness (QED) is 0.556. The van der Waals surface area contributed by atoms with Crippen molar-refractivity contribution < 1.29 is 4.79 Å². The van der Waals surface area contributed by atoms with Crippen LogP contribution in [0, 0.1) is 0 Å². The molecule has 0 saturated heterocycles. The minimum atomic E-state index is 0.0693. The molecular weight excluding hydrogens is 378 g/mol. The van der Waals surface area contributed by atoms with E-state index in [2.05, 4.69) is 19.7 Å². The number of hydrogen-bond acceptors (Lipinski definition) is 6. The molecule has 2 heterocycles. The van der Waals surface area contributed by atoms with Crippen LogP contribution in [0.4, 0.5) is 5.13 Å². The number of benzene rings is 1. The first-order valence-electron chi connectivity index (χ1n) is 9.48. The first kappa shape index (κ1) is 17.2. The summed E-state index contributed by atoms with van der Waals surface area (Å²) in [4.78, 5) is 19.3. The lowest BCUT2D eigenvalue weighted by Gasteiger charge is -2.17. The third kappa shape index (κ3) is 3.36. The molecule has 3 aromatic rings. The van der Waals surface area contributed by atoms with Gasteiger partial charge in [0.15, 0.2) is 10.3 Å². The van der Waals surface area contributed by atoms with Gasteiger partial charge in [-0.05, 0) is 44.7 Å². The number of rotatable bonds is 7. The topological polar surface area (TPSA) is 63.9 Å². The van der Waals surface area contributed by atoms with Gasteiger partial charge in [0.2, 0.25) is 5.91 Å². The monoisotopic (exact) mass is 399 g/mol. The van der Waals surface area contributed by atoms with Gasteiger partial charge in [0, 0.05) is 18.5 Å². The lowest BCUT2D eigenvalue weighted by molar-refractivity contribution is -0.116. The number of fused-ring (bicyclic) bond motifs is 1. The largest absolute Gasteiger partial charge is 0.303 e. The Labute approximate surface area is 166 Å². The van der Waals surface area contributed by atoms with Gasteiger partial charge in [-0.15, -0.1) is 10.2 Å². The highest BCUT2D eigenvalue weighted by Crippen LogP contribution is 2.46. The van der Waals surface area contributed by atoms with Gasteiger partial charge in [-0.3, -0.25) is 9.69 Å². The molecule has 0 unspecified atom stereocenters. The van der Waals surface area contributed by atoms with Crippen LogP contribution in [0.1, 0.15) is 50.4 Å². The fourth-order valence-corrected chi connectivity index (χ4v) is 5.22. The molecule has 0 aliphatic heterocycles. The van der Waals surface area contributed by atoms with Crippen LogP contribution >= 0.6 is 23.1 Å². The fourth-order valence-electron chi connectivity index (χ4n) is 3.28. The van der Waals surface area contributed by atoms with E-state index in [1.807, 2.05) is 31.2 Å². The summed E-state index contributed by atoms with van der Waals surface area (Å²) in [6.07, 6.45) is 4.84. The van der Waals surface area contributed by atoms with Crippen LogP contribution in [0.25, 0.3) is 10.2 Å². The zero-order valence-corrected chi connectivity index (χ0v) is 16.8. The summed E-state index contributed by atoms with van der Waals surface area (Å²) >= 11 is 3.08. The third-order valence-electron chi connectivity index (χ3n) is 5.00. The summed E-state index contributed by atoms with van der Waals surface area (Å²) in [7, 11) is 0. The average Bonchev–Trinajstić information content (AvgIpc) is 3.61. The van der Waals surface area contributed by atoms with Crippen LogP contribution in [0.3, 0.4) is 0 Å². The average molecular weight is 400 g/mol. The first-order chi connectivity index (χ1) is 13.2. The van der Waals surface area contributed by atoms with Crippen molar-refractivity contribution in [3.63, 3.8) is 0 Å². The summed E-state index contributed by atoms with van der Waals surface area (Å²) in [5.41, 5.74) is 0.943. The lowest BCUT2D eigenvalue weighted by atomic mass is 10.3. The van der Waals surface area contributed by atoms with Crippen molar-refractivity contribution in [2.24, 2.45) is 0 Å². The molecule has 0 bridgehead atoms.